The van der Waals surface area contributed by atoms with Gasteiger partial charge < -0.3 is 11.5 Å². The summed E-state index contributed by atoms with van der Waals surface area (Å²) in [7, 11) is 0. The molecule has 6 heteroatoms. The Labute approximate surface area is 72.6 Å². The highest BCUT2D eigenvalue weighted by Gasteiger charge is 2.15. The molecule has 1 aromatic rings. The average Bonchev–Trinajstić information content (AvgIpc) is 2.09. The molecule has 1 heterocycles. The van der Waals surface area contributed by atoms with E-state index in [4.69, 9.17) is 11.5 Å². The zero-order chi connectivity index (χ0) is 10.0. The molecular weight excluding hydrogens is 180 g/mol. The maximum Gasteiger partial charge on any atom is 0.267 e. The van der Waals surface area contributed by atoms with E-state index in [-0.39, 0.29) is 17.1 Å². The van der Waals surface area contributed by atoms with E-state index in [0.717, 1.165) is 6.20 Å². The van der Waals surface area contributed by atoms with Crippen LogP contribution in [0.25, 0.3) is 0 Å². The third-order valence-corrected chi connectivity index (χ3v) is 1.57. The second-order valence-electron chi connectivity index (χ2n) is 2.34. The van der Waals surface area contributed by atoms with Gasteiger partial charge in [-0.1, -0.05) is 0 Å². The van der Waals surface area contributed by atoms with Gasteiger partial charge in [-0.15, -0.1) is 0 Å². The summed E-state index contributed by atoms with van der Waals surface area (Å²) < 4.78 is 24.4. The van der Waals surface area contributed by atoms with Crippen LogP contribution in [0.1, 0.15) is 22.5 Å². The smallest absolute Gasteiger partial charge is 0.267 e. The Hall–Kier alpha value is -1.72. The lowest BCUT2D eigenvalue weighted by Crippen LogP contribution is -2.05. The van der Waals surface area contributed by atoms with Gasteiger partial charge in [0.25, 0.3) is 6.43 Å². The van der Waals surface area contributed by atoms with E-state index in [1.165, 1.54) is 0 Å². The van der Waals surface area contributed by atoms with Crippen LogP contribution in [0.3, 0.4) is 0 Å². The monoisotopic (exact) mass is 187 g/mol. The molecule has 1 rings (SSSR count). The molecule has 0 aliphatic rings. The number of aldehydes is 1. The van der Waals surface area contributed by atoms with Crippen LogP contribution in [0.4, 0.5) is 20.2 Å². The lowest BCUT2D eigenvalue weighted by molar-refractivity contribution is 0.111. The number of hydrogen-bond acceptors (Lipinski definition) is 4. The Morgan fingerprint density at radius 3 is 2.46 bits per heavy atom. The van der Waals surface area contributed by atoms with Crippen LogP contribution in [0.5, 0.6) is 0 Å². The molecule has 0 radical (unpaired) electrons. The summed E-state index contributed by atoms with van der Waals surface area (Å²) in [5, 5.41) is 0. The highest BCUT2D eigenvalue weighted by molar-refractivity contribution is 5.86. The molecule has 0 aliphatic carbocycles. The summed E-state index contributed by atoms with van der Waals surface area (Å²) in [5.41, 5.74) is 9.47. The van der Waals surface area contributed by atoms with Crippen molar-refractivity contribution in [2.24, 2.45) is 0 Å². The molecule has 0 amide bonds. The summed E-state index contributed by atoms with van der Waals surface area (Å²) in [4.78, 5) is 13.7. The number of carbonyl (C=O) groups excluding carboxylic acids is 1. The van der Waals surface area contributed by atoms with Crippen molar-refractivity contribution in [3.8, 4) is 0 Å². The number of nitrogen functional groups attached to an aromatic ring is 2. The van der Waals surface area contributed by atoms with Crippen molar-refractivity contribution in [3.63, 3.8) is 0 Å². The minimum Gasteiger partial charge on any atom is -0.397 e. The Morgan fingerprint density at radius 2 is 2.00 bits per heavy atom. The highest BCUT2D eigenvalue weighted by atomic mass is 19.3. The van der Waals surface area contributed by atoms with Gasteiger partial charge in [0.05, 0.1) is 16.9 Å². The molecule has 4 N–H and O–H groups in total. The summed E-state index contributed by atoms with van der Waals surface area (Å²) in [5.74, 6) is 0. The Kier molecular flexibility index (Phi) is 2.41. The van der Waals surface area contributed by atoms with E-state index in [9.17, 15) is 13.6 Å². The fraction of sp³-hybridized carbons (Fsp3) is 0.143. The second kappa shape index (κ2) is 3.34. The molecule has 4 nitrogen and oxygen atoms in total. The average molecular weight is 187 g/mol. The van der Waals surface area contributed by atoms with E-state index >= 15 is 0 Å². The SMILES string of the molecule is Nc1c(C(F)F)cnc(C=O)c1N. The lowest BCUT2D eigenvalue weighted by Gasteiger charge is -2.07. The molecule has 0 spiro atoms. The van der Waals surface area contributed by atoms with Crippen molar-refractivity contribution < 1.29 is 13.6 Å². The van der Waals surface area contributed by atoms with Crippen molar-refractivity contribution in [2.75, 3.05) is 11.5 Å². The van der Waals surface area contributed by atoms with Gasteiger partial charge in [0.1, 0.15) is 5.69 Å². The highest BCUT2D eigenvalue weighted by Crippen LogP contribution is 2.29. The van der Waals surface area contributed by atoms with Gasteiger partial charge in [-0.25, -0.2) is 8.78 Å². The molecule has 0 atom stereocenters. The van der Waals surface area contributed by atoms with Crippen LogP contribution in [0.15, 0.2) is 6.20 Å². The number of alkyl halides is 2. The van der Waals surface area contributed by atoms with Crippen LogP contribution in [-0.4, -0.2) is 11.3 Å². The van der Waals surface area contributed by atoms with Crippen molar-refractivity contribution in [3.05, 3.63) is 17.5 Å². The van der Waals surface area contributed by atoms with Gasteiger partial charge in [-0.2, -0.15) is 0 Å². The molecule has 70 valence electrons. The maximum atomic E-state index is 12.2. The first-order valence-corrected chi connectivity index (χ1v) is 3.35. The normalized spacial score (nSPS) is 10.4. The Bertz CT molecular complexity index is 341. The fourth-order valence-corrected chi connectivity index (χ4v) is 0.839. The van der Waals surface area contributed by atoms with E-state index in [1.54, 1.807) is 0 Å². The fourth-order valence-electron chi connectivity index (χ4n) is 0.839. The number of nitrogens with zero attached hydrogens (tertiary/aromatic N) is 1. The zero-order valence-electron chi connectivity index (χ0n) is 6.50. The third-order valence-electron chi connectivity index (χ3n) is 1.57. The van der Waals surface area contributed by atoms with Crippen molar-refractivity contribution in [1.82, 2.24) is 4.98 Å². The lowest BCUT2D eigenvalue weighted by atomic mass is 10.2. The number of carbonyl (C=O) groups is 1. The molecule has 0 unspecified atom stereocenters. The molecule has 0 aromatic carbocycles. The predicted molar refractivity (Wildman–Crippen MR) is 43.4 cm³/mol. The van der Waals surface area contributed by atoms with E-state index in [2.05, 4.69) is 4.98 Å². The first-order valence-electron chi connectivity index (χ1n) is 3.35. The van der Waals surface area contributed by atoms with Gasteiger partial charge in [-0.3, -0.25) is 9.78 Å². The van der Waals surface area contributed by atoms with E-state index in [1.807, 2.05) is 0 Å². The summed E-state index contributed by atoms with van der Waals surface area (Å²) in [6.45, 7) is 0. The number of rotatable bonds is 2. The minimum atomic E-state index is -2.74. The molecule has 0 saturated carbocycles. The number of pyridine rings is 1. The second-order valence-corrected chi connectivity index (χ2v) is 2.34. The van der Waals surface area contributed by atoms with Crippen LogP contribution in [0, 0.1) is 0 Å². The van der Waals surface area contributed by atoms with Gasteiger partial charge in [0.2, 0.25) is 0 Å². The first-order chi connectivity index (χ1) is 6.07. The number of nitrogens with two attached hydrogens (primary N) is 2. The minimum absolute atomic E-state index is 0.123. The molecule has 1 aromatic heterocycles. The zero-order valence-corrected chi connectivity index (χ0v) is 6.50. The molecule has 0 saturated heterocycles. The number of hydrogen-bond donors (Lipinski definition) is 2. The molecule has 0 aliphatic heterocycles. The van der Waals surface area contributed by atoms with Crippen molar-refractivity contribution >= 4 is 17.7 Å². The van der Waals surface area contributed by atoms with Crippen molar-refractivity contribution in [2.45, 2.75) is 6.43 Å². The van der Waals surface area contributed by atoms with Crippen LogP contribution < -0.4 is 11.5 Å². The van der Waals surface area contributed by atoms with Gasteiger partial charge >= 0.3 is 0 Å². The molecule has 0 fully saturated rings. The van der Waals surface area contributed by atoms with E-state index < -0.39 is 12.0 Å². The van der Waals surface area contributed by atoms with Gasteiger partial charge in [-0.05, 0) is 0 Å². The summed E-state index contributed by atoms with van der Waals surface area (Å²) >= 11 is 0. The molecular formula is C7H7F2N3O. The standard InChI is InChI=1S/C7H7F2N3O/c8-7(9)3-1-12-4(2-13)6(11)5(3)10/h1-2,7H,11H2,(H2,10,12). The van der Waals surface area contributed by atoms with Crippen LogP contribution >= 0.6 is 0 Å². The Balaban J connectivity index is 3.31. The summed E-state index contributed by atoms with van der Waals surface area (Å²) in [6, 6.07) is 0. The molecule has 0 bridgehead atoms. The summed E-state index contributed by atoms with van der Waals surface area (Å²) in [6.07, 6.45) is -1.53. The predicted octanol–water partition coefficient (Wildman–Crippen LogP) is 0.996. The number of anilines is 2. The van der Waals surface area contributed by atoms with Crippen LogP contribution in [-0.2, 0) is 0 Å². The third kappa shape index (κ3) is 1.56. The van der Waals surface area contributed by atoms with E-state index in [0.29, 0.717) is 6.29 Å². The quantitative estimate of drug-likeness (QED) is 0.676. The van der Waals surface area contributed by atoms with Crippen LogP contribution in [0.2, 0.25) is 0 Å². The molecule has 13 heavy (non-hydrogen) atoms. The largest absolute Gasteiger partial charge is 0.397 e. The number of halogens is 2. The van der Waals surface area contributed by atoms with Gasteiger partial charge in [0.15, 0.2) is 6.29 Å². The number of aromatic nitrogens is 1. The Morgan fingerprint density at radius 1 is 1.38 bits per heavy atom. The maximum absolute atomic E-state index is 12.2. The van der Waals surface area contributed by atoms with Crippen molar-refractivity contribution in [1.29, 1.82) is 0 Å². The van der Waals surface area contributed by atoms with Gasteiger partial charge in [0, 0.05) is 6.20 Å². The first kappa shape index (κ1) is 9.37. The topological polar surface area (TPSA) is 82.0 Å².